The van der Waals surface area contributed by atoms with Crippen LogP contribution in [0, 0.1) is 0 Å². The van der Waals surface area contributed by atoms with Crippen molar-refractivity contribution in [2.45, 2.75) is 0 Å². The molecule has 0 atom stereocenters. The summed E-state index contributed by atoms with van der Waals surface area (Å²) in [6, 6.07) is 0. The first kappa shape index (κ1) is 43.5. The molecule has 0 aliphatic rings. The minimum Gasteiger partial charge on any atom is -0.822 e. The van der Waals surface area contributed by atoms with Crippen LogP contribution >= 0.6 is 15.6 Å². The van der Waals surface area contributed by atoms with Gasteiger partial charge in [-0.25, -0.2) is 0 Å². The molecule has 116 valence electrons. The molecule has 8 N–H and O–H groups in total. The van der Waals surface area contributed by atoms with E-state index >= 15 is 0 Å². The summed E-state index contributed by atoms with van der Waals surface area (Å²) in [4.78, 5) is 51.3. The predicted octanol–water partition coefficient (Wildman–Crippen LogP) is -7.85. The Balaban J connectivity index is -0.0000000239. The quantitative estimate of drug-likeness (QED) is 0.201. The summed E-state index contributed by atoms with van der Waals surface area (Å²) < 4.78 is 17.1. The molecule has 0 aromatic carbocycles. The van der Waals surface area contributed by atoms with Crippen LogP contribution in [-0.2, 0) is 67.6 Å². The van der Waals surface area contributed by atoms with Crippen molar-refractivity contribution in [3.8, 4) is 0 Å². The van der Waals surface area contributed by atoms with Crippen molar-refractivity contribution in [1.82, 2.24) is 0 Å². The Morgan fingerprint density at radius 2 is 0.571 bits per heavy atom. The first-order valence-electron chi connectivity index (χ1n) is 4.09. The fraction of sp³-hybridized carbons (Fsp3) is 1.00. The van der Waals surface area contributed by atoms with Crippen molar-refractivity contribution >= 4 is 15.6 Å². The minimum atomic E-state index is -5.39. The molecule has 0 radical (unpaired) electrons. The fourth-order valence-corrected chi connectivity index (χ4v) is 0. The van der Waals surface area contributed by atoms with Crippen LogP contribution in [0.2, 0.25) is 0 Å². The molecule has 0 saturated carbocycles. The number of nitrogens with two attached hydrogens (primary N) is 4. The molecule has 0 aliphatic heterocycles. The smallest absolute Gasteiger partial charge is 0.822 e. The largest absolute Gasteiger partial charge is 2.00 e. The summed E-state index contributed by atoms with van der Waals surface area (Å²) in [7, 11) is -10.8. The maximum absolute atomic E-state index is 8.55. The summed E-state index contributed by atoms with van der Waals surface area (Å²) in [6.07, 6.45) is 0. The number of rotatable bonds is 2. The van der Waals surface area contributed by atoms with Gasteiger partial charge < -0.3 is 61.4 Å². The second-order valence-electron chi connectivity index (χ2n) is 2.05. The van der Waals surface area contributed by atoms with Gasteiger partial charge in [0.25, 0.3) is 0 Å². The van der Waals surface area contributed by atoms with E-state index in [1.54, 1.807) is 0 Å². The zero-order valence-corrected chi connectivity index (χ0v) is 22.1. The van der Waals surface area contributed by atoms with Gasteiger partial charge in [0.2, 0.25) is 0 Å². The Labute approximate surface area is 161 Å². The molecule has 0 heterocycles. The van der Waals surface area contributed by atoms with Crippen molar-refractivity contribution in [3.05, 3.63) is 0 Å². The van der Waals surface area contributed by atoms with Crippen LogP contribution in [0.3, 0.4) is 0 Å². The first-order valence-corrected chi connectivity index (χ1v) is 7.01. The van der Waals surface area contributed by atoms with Gasteiger partial charge >= 0.3 is 58.4 Å². The van der Waals surface area contributed by atoms with Gasteiger partial charge in [-0.3, -0.25) is 0 Å². The average molecular weight is 506 g/mol. The molecule has 0 saturated heterocycles. The first-order chi connectivity index (χ1) is 7.83. The zero-order chi connectivity index (χ0) is 15.8. The van der Waals surface area contributed by atoms with Crippen molar-refractivity contribution in [2.24, 2.45) is 22.9 Å². The molecule has 0 bridgehead atoms. The Hall–Kier alpha value is 1.93. The molecule has 0 aliphatic carbocycles. The molecule has 0 amide bonds. The van der Waals surface area contributed by atoms with E-state index in [9.17, 15) is 0 Å². The normalized spacial score (nSPS) is 8.48. The van der Waals surface area contributed by atoms with E-state index in [-0.39, 0.29) is 58.4 Å². The van der Waals surface area contributed by atoms with E-state index in [4.69, 9.17) is 61.4 Å². The van der Waals surface area contributed by atoms with Crippen LogP contribution in [0.1, 0.15) is 0 Å². The van der Waals surface area contributed by atoms with Gasteiger partial charge in [-0.2, -0.15) is 15.6 Å². The van der Waals surface area contributed by atoms with Crippen LogP contribution in [0.4, 0.5) is 0 Å². The molecular formula is C4H16N4O8P2Zn3. The molecule has 0 unspecified atom stereocenters. The van der Waals surface area contributed by atoms with E-state index in [1.165, 1.54) is 0 Å². The third-order valence-electron chi connectivity index (χ3n) is 0.333. The average Bonchev–Trinajstić information content (AvgIpc) is 2.12. The van der Waals surface area contributed by atoms with Crippen LogP contribution in [0.25, 0.3) is 0 Å². The third-order valence-corrected chi connectivity index (χ3v) is 0.333. The third kappa shape index (κ3) is 564. The topological polar surface area (TPSA) is 277 Å². The van der Waals surface area contributed by atoms with Crippen molar-refractivity contribution < 1.29 is 96.9 Å². The van der Waals surface area contributed by atoms with Gasteiger partial charge in [0.05, 0.1) is 0 Å². The van der Waals surface area contributed by atoms with Crippen molar-refractivity contribution in [1.29, 1.82) is 0 Å². The maximum Gasteiger partial charge on any atom is 2.00 e. The van der Waals surface area contributed by atoms with Crippen LogP contribution in [0.15, 0.2) is 0 Å². The second-order valence-corrected chi connectivity index (χ2v) is 3.84. The summed E-state index contributed by atoms with van der Waals surface area (Å²) in [6.45, 7) is 2.39. The summed E-state index contributed by atoms with van der Waals surface area (Å²) >= 11 is 0. The van der Waals surface area contributed by atoms with Crippen LogP contribution < -0.4 is 52.3 Å². The Kier molecular flexibility index (Phi) is 61.8. The molecule has 0 aromatic rings. The standard InChI is InChI=1S/2C2H8N2.2H3O4P.3Zn/c2*3-1-2-4;2*1-5(2,3)4;;;/h2*1-4H2;2*(H3,1,2,3,4);;;/q;;;;3*+2/p-6. The van der Waals surface area contributed by atoms with E-state index < -0.39 is 15.6 Å². The van der Waals surface area contributed by atoms with Gasteiger partial charge in [0.1, 0.15) is 0 Å². The van der Waals surface area contributed by atoms with Gasteiger partial charge in [0, 0.05) is 26.2 Å². The van der Waals surface area contributed by atoms with Gasteiger partial charge in [0.15, 0.2) is 0 Å². The molecule has 0 aromatic heterocycles. The molecule has 0 spiro atoms. The molecule has 0 rings (SSSR count). The van der Waals surface area contributed by atoms with Crippen molar-refractivity contribution in [3.63, 3.8) is 0 Å². The summed E-state index contributed by atoms with van der Waals surface area (Å²) in [5.41, 5.74) is 19.6. The summed E-state index contributed by atoms with van der Waals surface area (Å²) in [5.74, 6) is 0. The molecule has 0 fully saturated rings. The fourth-order valence-electron chi connectivity index (χ4n) is 0. The van der Waals surface area contributed by atoms with Gasteiger partial charge in [-0.15, -0.1) is 0 Å². The molecule has 17 heteroatoms. The van der Waals surface area contributed by atoms with Gasteiger partial charge in [-0.1, -0.05) is 0 Å². The SMILES string of the molecule is NCCN.NCCN.O=P([O-])([O-])[O-].O=P([O-])([O-])[O-].[Zn+2].[Zn+2].[Zn+2]. The summed E-state index contributed by atoms with van der Waals surface area (Å²) in [5, 5.41) is 0. The minimum absolute atomic E-state index is 0. The van der Waals surface area contributed by atoms with Gasteiger partial charge in [-0.05, 0) is 0 Å². The second kappa shape index (κ2) is 29.9. The van der Waals surface area contributed by atoms with E-state index in [1.807, 2.05) is 0 Å². The number of phosphoric acid groups is 2. The Bertz CT molecular complexity index is 197. The molecular weight excluding hydrogens is 490 g/mol. The molecule has 21 heavy (non-hydrogen) atoms. The maximum atomic E-state index is 8.55. The number of hydrogen-bond acceptors (Lipinski definition) is 12. The van der Waals surface area contributed by atoms with Crippen molar-refractivity contribution in [2.75, 3.05) is 26.2 Å². The van der Waals surface area contributed by atoms with E-state index in [0.717, 1.165) is 0 Å². The zero-order valence-electron chi connectivity index (χ0n) is 11.4. The monoisotopic (exact) mass is 502 g/mol. The number of hydrogen-bond donors (Lipinski definition) is 4. The Morgan fingerprint density at radius 3 is 0.571 bits per heavy atom. The predicted molar refractivity (Wildman–Crippen MR) is 51.4 cm³/mol. The van der Waals surface area contributed by atoms with Crippen LogP contribution in [0.5, 0.6) is 0 Å². The van der Waals surface area contributed by atoms with E-state index in [0.29, 0.717) is 26.2 Å². The van der Waals surface area contributed by atoms with E-state index in [2.05, 4.69) is 0 Å². The van der Waals surface area contributed by atoms with Crippen LogP contribution in [-0.4, -0.2) is 26.2 Å². The Morgan fingerprint density at radius 1 is 0.524 bits per heavy atom. The molecule has 12 nitrogen and oxygen atoms in total.